The molecule has 1 aromatic carbocycles. The maximum absolute atomic E-state index is 12.5. The molecule has 0 aliphatic heterocycles. The summed E-state index contributed by atoms with van der Waals surface area (Å²) in [6.45, 7) is 3.20. The quantitative estimate of drug-likeness (QED) is 0.408. The maximum Gasteiger partial charge on any atom is 0.348 e. The van der Waals surface area contributed by atoms with E-state index in [0.29, 0.717) is 27.1 Å². The van der Waals surface area contributed by atoms with Crippen molar-refractivity contribution in [2.75, 3.05) is 5.32 Å². The highest BCUT2D eigenvalue weighted by Gasteiger charge is 2.17. The van der Waals surface area contributed by atoms with E-state index < -0.39 is 11.6 Å². The first kappa shape index (κ1) is 18.9. The van der Waals surface area contributed by atoms with Crippen LogP contribution in [-0.2, 0) is 23.2 Å². The molecule has 8 nitrogen and oxygen atoms in total. The Morgan fingerprint density at radius 3 is 2.76 bits per heavy atom. The summed E-state index contributed by atoms with van der Waals surface area (Å²) in [7, 11) is 1.82. The second-order valence-corrected chi connectivity index (χ2v) is 7.63. The van der Waals surface area contributed by atoms with Crippen molar-refractivity contribution in [1.29, 1.82) is 0 Å². The fourth-order valence-electron chi connectivity index (χ4n) is 3.15. The Bertz CT molecular complexity index is 1300. The molecule has 1 N–H and O–H groups in total. The third kappa shape index (κ3) is 3.64. The Morgan fingerprint density at radius 2 is 2.03 bits per heavy atom. The molecule has 0 spiro atoms. The van der Waals surface area contributed by atoms with Gasteiger partial charge in [0.2, 0.25) is 5.91 Å². The van der Waals surface area contributed by atoms with E-state index in [9.17, 15) is 14.4 Å². The maximum atomic E-state index is 12.5. The number of hydrogen-bond donors (Lipinski definition) is 1. The van der Waals surface area contributed by atoms with Crippen LogP contribution in [0.5, 0.6) is 0 Å². The Labute approximate surface area is 168 Å². The van der Waals surface area contributed by atoms with Crippen molar-refractivity contribution in [1.82, 2.24) is 9.78 Å². The van der Waals surface area contributed by atoms with Crippen molar-refractivity contribution in [3.8, 4) is 0 Å². The Morgan fingerprint density at radius 1 is 1.24 bits per heavy atom. The van der Waals surface area contributed by atoms with Gasteiger partial charge in [-0.3, -0.25) is 9.48 Å². The zero-order valence-corrected chi connectivity index (χ0v) is 16.8. The summed E-state index contributed by atoms with van der Waals surface area (Å²) in [5.74, 6) is -0.701. The fourth-order valence-corrected chi connectivity index (χ4v) is 4.17. The summed E-state index contributed by atoms with van der Waals surface area (Å²) in [6.07, 6.45) is 0. The molecule has 0 saturated carbocycles. The molecule has 0 aliphatic carbocycles. The summed E-state index contributed by atoms with van der Waals surface area (Å²) in [5.41, 5.74) is 1.62. The van der Waals surface area contributed by atoms with Crippen molar-refractivity contribution in [3.05, 3.63) is 56.9 Å². The van der Waals surface area contributed by atoms with Gasteiger partial charge in [0.05, 0.1) is 5.69 Å². The number of aromatic nitrogens is 2. The molecule has 4 aromatic rings. The van der Waals surface area contributed by atoms with Gasteiger partial charge in [-0.15, -0.1) is 11.3 Å². The highest BCUT2D eigenvalue weighted by atomic mass is 32.1. The molecule has 3 aromatic heterocycles. The average Bonchev–Trinajstić information content (AvgIpc) is 3.20. The van der Waals surface area contributed by atoms with E-state index in [1.54, 1.807) is 28.9 Å². The van der Waals surface area contributed by atoms with E-state index in [0.717, 1.165) is 15.9 Å². The zero-order chi connectivity index (χ0) is 20.7. The van der Waals surface area contributed by atoms with Crippen molar-refractivity contribution in [2.45, 2.75) is 20.5 Å². The molecule has 29 heavy (non-hydrogen) atoms. The number of aryl methyl sites for hydroxylation is 2. The smallest absolute Gasteiger partial charge is 0.348 e. The van der Waals surface area contributed by atoms with E-state index >= 15 is 0 Å². The van der Waals surface area contributed by atoms with E-state index in [4.69, 9.17) is 9.15 Å². The molecule has 0 radical (unpaired) electrons. The number of nitrogens with one attached hydrogen (secondary N) is 1. The average molecular weight is 411 g/mol. The van der Waals surface area contributed by atoms with Crippen molar-refractivity contribution in [2.24, 2.45) is 7.05 Å². The SMILES string of the molecule is CC(=O)Nc1ccc2c(COC(=O)c3cc4c(C)nn(C)c4s3)cc(=O)oc2c1. The van der Waals surface area contributed by atoms with Gasteiger partial charge >= 0.3 is 11.6 Å². The van der Waals surface area contributed by atoms with Crippen LogP contribution < -0.4 is 10.9 Å². The minimum Gasteiger partial charge on any atom is -0.457 e. The number of rotatable bonds is 4. The van der Waals surface area contributed by atoms with Gasteiger partial charge in [-0.25, -0.2) is 9.59 Å². The van der Waals surface area contributed by atoms with Crippen LogP contribution in [0.15, 0.2) is 39.5 Å². The molecule has 0 unspecified atom stereocenters. The lowest BCUT2D eigenvalue weighted by Crippen LogP contribution is -2.08. The minimum atomic E-state index is -0.563. The number of benzene rings is 1. The molecule has 9 heteroatoms. The molecule has 4 rings (SSSR count). The number of nitrogens with zero attached hydrogens (tertiary/aromatic N) is 2. The van der Waals surface area contributed by atoms with Crippen molar-refractivity contribution < 1.29 is 18.7 Å². The standard InChI is InChI=1S/C20H17N3O5S/c1-10-15-8-17(29-19(15)23(3)22-10)20(26)27-9-12-6-18(25)28-16-7-13(21-11(2)24)4-5-14(12)16/h4-8H,9H2,1-3H3,(H,21,24). The fraction of sp³-hybridized carbons (Fsp3) is 0.200. The molecule has 0 saturated heterocycles. The Kier molecular flexibility index (Phi) is 4.67. The summed E-state index contributed by atoms with van der Waals surface area (Å²) >= 11 is 1.31. The Hall–Kier alpha value is -3.46. The van der Waals surface area contributed by atoms with Crippen LogP contribution in [0.4, 0.5) is 5.69 Å². The summed E-state index contributed by atoms with van der Waals surface area (Å²) in [5, 5.41) is 8.50. The lowest BCUT2D eigenvalue weighted by Gasteiger charge is -2.08. The first-order chi connectivity index (χ1) is 13.8. The van der Waals surface area contributed by atoms with Crippen LogP contribution in [-0.4, -0.2) is 21.7 Å². The van der Waals surface area contributed by atoms with Crippen LogP contribution in [0.2, 0.25) is 0 Å². The van der Waals surface area contributed by atoms with Crippen LogP contribution in [0.3, 0.4) is 0 Å². The first-order valence-corrected chi connectivity index (χ1v) is 9.58. The highest BCUT2D eigenvalue weighted by Crippen LogP contribution is 2.28. The zero-order valence-electron chi connectivity index (χ0n) is 15.9. The van der Waals surface area contributed by atoms with Gasteiger partial charge in [0.15, 0.2) is 0 Å². The predicted molar refractivity (Wildman–Crippen MR) is 109 cm³/mol. The highest BCUT2D eigenvalue weighted by molar-refractivity contribution is 7.20. The van der Waals surface area contributed by atoms with Gasteiger partial charge in [0.25, 0.3) is 0 Å². The van der Waals surface area contributed by atoms with Gasteiger partial charge in [0, 0.05) is 48.1 Å². The van der Waals surface area contributed by atoms with Gasteiger partial charge in [-0.05, 0) is 25.1 Å². The molecule has 0 bridgehead atoms. The van der Waals surface area contributed by atoms with Gasteiger partial charge in [-0.2, -0.15) is 5.10 Å². The largest absolute Gasteiger partial charge is 0.457 e. The summed E-state index contributed by atoms with van der Waals surface area (Å²) in [4.78, 5) is 37.0. The topological polar surface area (TPSA) is 103 Å². The molecule has 0 atom stereocenters. The number of thiophene rings is 1. The van der Waals surface area contributed by atoms with E-state index in [1.165, 1.54) is 24.3 Å². The number of fused-ring (bicyclic) bond motifs is 2. The number of hydrogen-bond acceptors (Lipinski definition) is 7. The third-order valence-electron chi connectivity index (χ3n) is 4.41. The number of carbonyl (C=O) groups is 2. The van der Waals surface area contributed by atoms with E-state index in [-0.39, 0.29) is 12.5 Å². The second-order valence-electron chi connectivity index (χ2n) is 6.60. The van der Waals surface area contributed by atoms with Crippen LogP contribution in [0, 0.1) is 6.92 Å². The van der Waals surface area contributed by atoms with Crippen LogP contribution in [0.25, 0.3) is 21.2 Å². The summed E-state index contributed by atoms with van der Waals surface area (Å²) in [6, 6.07) is 8.03. The van der Waals surface area contributed by atoms with Crippen LogP contribution >= 0.6 is 11.3 Å². The first-order valence-electron chi connectivity index (χ1n) is 8.76. The van der Waals surface area contributed by atoms with Crippen molar-refractivity contribution >= 4 is 50.1 Å². The monoisotopic (exact) mass is 411 g/mol. The van der Waals surface area contributed by atoms with Gasteiger partial charge in [-0.1, -0.05) is 0 Å². The van der Waals surface area contributed by atoms with Crippen LogP contribution in [0.1, 0.15) is 27.9 Å². The van der Waals surface area contributed by atoms with Crippen molar-refractivity contribution in [3.63, 3.8) is 0 Å². The normalized spacial score (nSPS) is 11.1. The molecule has 1 amide bonds. The lowest BCUT2D eigenvalue weighted by atomic mass is 10.1. The minimum absolute atomic E-state index is 0.0775. The molecule has 0 fully saturated rings. The Balaban J connectivity index is 1.59. The molecular weight excluding hydrogens is 394 g/mol. The number of anilines is 1. The number of ether oxygens (including phenoxy) is 1. The third-order valence-corrected chi connectivity index (χ3v) is 5.59. The molecular formula is C20H17N3O5S. The second kappa shape index (κ2) is 7.17. The molecule has 148 valence electrons. The predicted octanol–water partition coefficient (Wildman–Crippen LogP) is 3.37. The van der Waals surface area contributed by atoms with Gasteiger partial charge < -0.3 is 14.5 Å². The van der Waals surface area contributed by atoms with Gasteiger partial charge in [0.1, 0.15) is 21.9 Å². The molecule has 0 aliphatic rings. The summed E-state index contributed by atoms with van der Waals surface area (Å²) < 4.78 is 12.4. The number of amides is 1. The van der Waals surface area contributed by atoms with E-state index in [2.05, 4.69) is 10.4 Å². The molecule has 3 heterocycles. The lowest BCUT2D eigenvalue weighted by molar-refractivity contribution is -0.114. The number of carbonyl (C=O) groups excluding carboxylic acids is 2. The van der Waals surface area contributed by atoms with E-state index in [1.807, 2.05) is 14.0 Å². The number of esters is 1.